The molecule has 3 amide bonds. The van der Waals surface area contributed by atoms with E-state index in [2.05, 4.69) is 0 Å². The van der Waals surface area contributed by atoms with Crippen LogP contribution in [-0.4, -0.2) is 22.4 Å². The number of nitrogens with zero attached hydrogens (tertiary/aromatic N) is 3. The fourth-order valence-corrected chi connectivity index (χ4v) is 3.56. The van der Waals surface area contributed by atoms with Crippen molar-refractivity contribution in [2.45, 2.75) is 25.9 Å². The number of ether oxygens (including phenoxy) is 1. The summed E-state index contributed by atoms with van der Waals surface area (Å²) in [5.74, 6) is 0.969. The number of imide groups is 1. The Labute approximate surface area is 180 Å². The Hall–Kier alpha value is -4.11. The number of para-hydroxylation sites is 2. The van der Waals surface area contributed by atoms with Gasteiger partial charge in [-0.15, -0.1) is 0 Å². The first kappa shape index (κ1) is 20.2. The van der Waals surface area contributed by atoms with Crippen molar-refractivity contribution in [3.63, 3.8) is 0 Å². The van der Waals surface area contributed by atoms with E-state index in [0.29, 0.717) is 22.7 Å². The summed E-state index contributed by atoms with van der Waals surface area (Å²) in [4.78, 5) is 29.1. The molecular weight excluding hydrogens is 390 g/mol. The Morgan fingerprint density at radius 1 is 0.935 bits per heavy atom. The van der Waals surface area contributed by atoms with E-state index in [1.807, 2.05) is 60.7 Å². The zero-order valence-electron chi connectivity index (χ0n) is 17.3. The van der Waals surface area contributed by atoms with E-state index >= 15 is 0 Å². The van der Waals surface area contributed by atoms with Crippen molar-refractivity contribution >= 4 is 17.6 Å². The third-order valence-electron chi connectivity index (χ3n) is 5.33. The molecule has 0 aliphatic carbocycles. The molecule has 1 heterocycles. The minimum absolute atomic E-state index is 0.203. The zero-order chi connectivity index (χ0) is 22.0. The van der Waals surface area contributed by atoms with Crippen molar-refractivity contribution < 1.29 is 14.3 Å². The molecule has 154 valence electrons. The largest absolute Gasteiger partial charge is 0.457 e. The van der Waals surface area contributed by atoms with Crippen LogP contribution in [0.2, 0.25) is 0 Å². The number of urea groups is 1. The summed E-state index contributed by atoms with van der Waals surface area (Å²) in [5, 5.41) is 9.18. The van der Waals surface area contributed by atoms with Crippen molar-refractivity contribution in [1.29, 1.82) is 5.26 Å². The fraction of sp³-hybridized carbons (Fsp3) is 0.160. The van der Waals surface area contributed by atoms with Crippen LogP contribution in [0, 0.1) is 11.3 Å². The van der Waals surface area contributed by atoms with E-state index < -0.39 is 11.6 Å². The summed E-state index contributed by atoms with van der Waals surface area (Å²) in [6, 6.07) is 25.0. The first-order valence-electron chi connectivity index (χ1n) is 9.89. The molecule has 0 spiro atoms. The molecule has 0 unspecified atom stereocenters. The van der Waals surface area contributed by atoms with Crippen molar-refractivity contribution in [3.05, 3.63) is 90.0 Å². The molecule has 0 atom stereocenters. The van der Waals surface area contributed by atoms with Crippen LogP contribution in [0.4, 0.5) is 10.5 Å². The molecule has 6 heteroatoms. The quantitative estimate of drug-likeness (QED) is 0.548. The highest BCUT2D eigenvalue weighted by atomic mass is 16.5. The zero-order valence-corrected chi connectivity index (χ0v) is 17.3. The van der Waals surface area contributed by atoms with Crippen molar-refractivity contribution in [2.24, 2.45) is 0 Å². The minimum Gasteiger partial charge on any atom is -0.457 e. The molecule has 0 radical (unpaired) electrons. The topological polar surface area (TPSA) is 73.6 Å². The smallest absolute Gasteiger partial charge is 0.332 e. The predicted molar refractivity (Wildman–Crippen MR) is 117 cm³/mol. The van der Waals surface area contributed by atoms with Gasteiger partial charge in [0.1, 0.15) is 17.0 Å². The van der Waals surface area contributed by atoms with Gasteiger partial charge in [0.2, 0.25) is 0 Å². The second kappa shape index (κ2) is 7.96. The van der Waals surface area contributed by atoms with Gasteiger partial charge in [0.05, 0.1) is 23.9 Å². The highest BCUT2D eigenvalue weighted by Gasteiger charge is 2.51. The predicted octanol–water partition coefficient (Wildman–Crippen LogP) is 5.10. The maximum atomic E-state index is 13.3. The highest BCUT2D eigenvalue weighted by molar-refractivity contribution is 6.23. The van der Waals surface area contributed by atoms with Crippen LogP contribution in [0.25, 0.3) is 0 Å². The number of hydrogen-bond donors (Lipinski definition) is 0. The molecule has 6 nitrogen and oxygen atoms in total. The van der Waals surface area contributed by atoms with E-state index in [1.54, 1.807) is 38.1 Å². The number of carbonyl (C=O) groups is 2. The van der Waals surface area contributed by atoms with E-state index in [9.17, 15) is 14.9 Å². The number of hydrogen-bond acceptors (Lipinski definition) is 4. The lowest BCUT2D eigenvalue weighted by atomic mass is 10.0. The van der Waals surface area contributed by atoms with Crippen LogP contribution in [0.3, 0.4) is 0 Å². The van der Waals surface area contributed by atoms with Crippen LogP contribution in [0.1, 0.15) is 25.0 Å². The summed E-state index contributed by atoms with van der Waals surface area (Å²) >= 11 is 0. The lowest BCUT2D eigenvalue weighted by Gasteiger charge is -2.28. The van der Waals surface area contributed by atoms with Gasteiger partial charge >= 0.3 is 6.03 Å². The first-order chi connectivity index (χ1) is 14.9. The number of rotatable bonds is 5. The molecule has 3 aromatic rings. The lowest BCUT2D eigenvalue weighted by Crippen LogP contribution is -2.43. The van der Waals surface area contributed by atoms with Gasteiger partial charge in [-0.05, 0) is 50.2 Å². The third-order valence-corrected chi connectivity index (χ3v) is 5.33. The average Bonchev–Trinajstić information content (AvgIpc) is 2.95. The van der Waals surface area contributed by atoms with Crippen molar-refractivity contribution in [3.8, 4) is 17.6 Å². The summed E-state index contributed by atoms with van der Waals surface area (Å²) in [7, 11) is 0. The third kappa shape index (κ3) is 3.74. The number of anilines is 1. The standard InChI is InChI=1S/C25H21N3O3/c1-25(2)23(29)28(20-11-8-9-18(15-20)16-26)24(30)27(25)17-19-10-6-7-14-22(19)31-21-12-4-3-5-13-21/h3-15H,17H2,1-2H3. The number of nitriles is 1. The second-order valence-electron chi connectivity index (χ2n) is 7.75. The van der Waals surface area contributed by atoms with Crippen LogP contribution in [0.15, 0.2) is 78.9 Å². The lowest BCUT2D eigenvalue weighted by molar-refractivity contribution is -0.123. The van der Waals surface area contributed by atoms with Gasteiger partial charge < -0.3 is 9.64 Å². The summed E-state index contributed by atoms with van der Waals surface area (Å²) in [5.41, 5.74) is 0.502. The Morgan fingerprint density at radius 3 is 2.39 bits per heavy atom. The highest BCUT2D eigenvalue weighted by Crippen LogP contribution is 2.35. The van der Waals surface area contributed by atoms with Gasteiger partial charge in [-0.1, -0.05) is 42.5 Å². The number of amides is 3. The Balaban J connectivity index is 1.65. The van der Waals surface area contributed by atoms with Crippen LogP contribution < -0.4 is 9.64 Å². The summed E-state index contributed by atoms with van der Waals surface area (Å²) in [6.07, 6.45) is 0. The minimum atomic E-state index is -1.06. The first-order valence-corrected chi connectivity index (χ1v) is 9.89. The molecule has 3 aromatic carbocycles. The normalized spacial score (nSPS) is 15.1. The molecule has 4 rings (SSSR count). The van der Waals surface area contributed by atoms with Crippen molar-refractivity contribution in [2.75, 3.05) is 4.90 Å². The fourth-order valence-electron chi connectivity index (χ4n) is 3.56. The Kier molecular flexibility index (Phi) is 5.18. The SMILES string of the molecule is CC1(C)C(=O)N(c2cccc(C#N)c2)C(=O)N1Cc1ccccc1Oc1ccccc1. The molecule has 1 aliphatic heterocycles. The maximum Gasteiger partial charge on any atom is 0.332 e. The van der Waals surface area contributed by atoms with Gasteiger partial charge in [-0.3, -0.25) is 4.79 Å². The number of carbonyl (C=O) groups excluding carboxylic acids is 2. The van der Waals surface area contributed by atoms with E-state index in [-0.39, 0.29) is 12.5 Å². The van der Waals surface area contributed by atoms with Gasteiger partial charge in [-0.25, -0.2) is 9.69 Å². The molecule has 0 N–H and O–H groups in total. The molecule has 31 heavy (non-hydrogen) atoms. The monoisotopic (exact) mass is 411 g/mol. The maximum absolute atomic E-state index is 13.3. The van der Waals surface area contributed by atoms with Gasteiger partial charge in [0.25, 0.3) is 5.91 Å². The molecule has 1 saturated heterocycles. The molecule has 0 saturated carbocycles. The van der Waals surface area contributed by atoms with Crippen LogP contribution >= 0.6 is 0 Å². The van der Waals surface area contributed by atoms with Gasteiger partial charge in [0, 0.05) is 5.56 Å². The Morgan fingerprint density at radius 2 is 1.65 bits per heavy atom. The molecule has 1 aliphatic rings. The molecule has 1 fully saturated rings. The van der Waals surface area contributed by atoms with Gasteiger partial charge in [0.15, 0.2) is 0 Å². The van der Waals surface area contributed by atoms with E-state index in [0.717, 1.165) is 10.5 Å². The summed E-state index contributed by atoms with van der Waals surface area (Å²) in [6.45, 7) is 3.65. The van der Waals surface area contributed by atoms with Crippen LogP contribution in [0.5, 0.6) is 11.5 Å². The van der Waals surface area contributed by atoms with E-state index in [1.165, 1.54) is 4.90 Å². The van der Waals surface area contributed by atoms with Crippen LogP contribution in [-0.2, 0) is 11.3 Å². The van der Waals surface area contributed by atoms with Gasteiger partial charge in [-0.2, -0.15) is 5.26 Å². The second-order valence-corrected chi connectivity index (χ2v) is 7.75. The Bertz CT molecular complexity index is 1180. The molecule has 0 bridgehead atoms. The van der Waals surface area contributed by atoms with E-state index in [4.69, 9.17) is 4.74 Å². The summed E-state index contributed by atoms with van der Waals surface area (Å²) < 4.78 is 6.02. The average molecular weight is 411 g/mol. The molecule has 0 aromatic heterocycles. The molecular formula is C25H21N3O3. The van der Waals surface area contributed by atoms with Crippen molar-refractivity contribution in [1.82, 2.24) is 4.90 Å². The number of benzene rings is 3.